The molecule has 0 saturated carbocycles. The molecular weight excluding hydrogens is 359 g/mol. The van der Waals surface area contributed by atoms with Crippen LogP contribution in [0.2, 0.25) is 5.02 Å². The molecule has 2 aromatic rings. The van der Waals surface area contributed by atoms with Gasteiger partial charge in [0.2, 0.25) is 5.91 Å². The van der Waals surface area contributed by atoms with E-state index < -0.39 is 11.9 Å². The lowest BCUT2D eigenvalue weighted by Crippen LogP contribution is -2.25. The van der Waals surface area contributed by atoms with Crippen LogP contribution < -0.4 is 9.47 Å². The van der Waals surface area contributed by atoms with E-state index in [0.717, 1.165) is 5.56 Å². The Kier molecular flexibility index (Phi) is 5.13. The van der Waals surface area contributed by atoms with Crippen LogP contribution in [0.3, 0.4) is 0 Å². The van der Waals surface area contributed by atoms with Gasteiger partial charge in [-0.1, -0.05) is 17.7 Å². The molecule has 0 saturated heterocycles. The molecule has 0 spiro atoms. The highest BCUT2D eigenvalue weighted by molar-refractivity contribution is 6.31. The van der Waals surface area contributed by atoms with Crippen LogP contribution in [0, 0.1) is 5.82 Å². The predicted octanol–water partition coefficient (Wildman–Crippen LogP) is 4.19. The summed E-state index contributed by atoms with van der Waals surface area (Å²) >= 11 is 6.20. The number of rotatable bonds is 4. The Hall–Kier alpha value is -2.60. The third-order valence-electron chi connectivity index (χ3n) is 4.25. The first kappa shape index (κ1) is 18.2. The molecule has 0 bridgehead atoms. The van der Waals surface area contributed by atoms with Gasteiger partial charge in [-0.3, -0.25) is 4.79 Å². The third-order valence-corrected chi connectivity index (χ3v) is 4.58. The van der Waals surface area contributed by atoms with E-state index in [-0.39, 0.29) is 16.5 Å². The fourth-order valence-corrected chi connectivity index (χ4v) is 3.29. The second-order valence-electron chi connectivity index (χ2n) is 5.87. The molecule has 0 radical (unpaired) electrons. The van der Waals surface area contributed by atoms with Crippen LogP contribution in [0.15, 0.2) is 41.5 Å². The Labute approximate surface area is 156 Å². The van der Waals surface area contributed by atoms with Gasteiger partial charge < -0.3 is 9.47 Å². The minimum absolute atomic E-state index is 0.262. The monoisotopic (exact) mass is 376 g/mol. The smallest absolute Gasteiger partial charge is 0.240 e. The first-order valence-electron chi connectivity index (χ1n) is 7.99. The van der Waals surface area contributed by atoms with Crippen LogP contribution in [0.4, 0.5) is 4.39 Å². The molecule has 0 N–H and O–H groups in total. The van der Waals surface area contributed by atoms with E-state index in [9.17, 15) is 9.18 Å². The average molecular weight is 377 g/mol. The van der Waals surface area contributed by atoms with Crippen molar-refractivity contribution in [2.45, 2.75) is 19.4 Å². The maximum absolute atomic E-state index is 14.4. The predicted molar refractivity (Wildman–Crippen MR) is 97.4 cm³/mol. The molecular formula is C19H18ClFN2O3. The second-order valence-corrected chi connectivity index (χ2v) is 6.27. The average Bonchev–Trinajstić information content (AvgIpc) is 3.06. The molecule has 3 rings (SSSR count). The maximum atomic E-state index is 14.4. The van der Waals surface area contributed by atoms with Gasteiger partial charge in [-0.05, 0) is 24.3 Å². The first-order chi connectivity index (χ1) is 12.4. The summed E-state index contributed by atoms with van der Waals surface area (Å²) in [6.45, 7) is 1.39. The number of amides is 1. The minimum atomic E-state index is -0.603. The Morgan fingerprint density at radius 2 is 1.88 bits per heavy atom. The summed E-state index contributed by atoms with van der Waals surface area (Å²) in [4.78, 5) is 12.1. The zero-order chi connectivity index (χ0) is 18.8. The number of halogens is 2. The van der Waals surface area contributed by atoms with Gasteiger partial charge in [0.25, 0.3) is 0 Å². The molecule has 5 nitrogen and oxygen atoms in total. The highest BCUT2D eigenvalue weighted by atomic mass is 35.5. The zero-order valence-electron chi connectivity index (χ0n) is 14.6. The number of nitrogens with zero attached hydrogens (tertiary/aromatic N) is 2. The molecule has 0 aliphatic carbocycles. The van der Waals surface area contributed by atoms with Gasteiger partial charge in [-0.15, -0.1) is 0 Å². The van der Waals surface area contributed by atoms with Crippen LogP contribution in [-0.2, 0) is 4.79 Å². The van der Waals surface area contributed by atoms with Crippen molar-refractivity contribution >= 4 is 23.2 Å². The van der Waals surface area contributed by atoms with Crippen molar-refractivity contribution in [1.29, 1.82) is 0 Å². The Balaban J connectivity index is 2.04. The number of carbonyl (C=O) groups excluding carboxylic acids is 1. The van der Waals surface area contributed by atoms with Gasteiger partial charge in [-0.2, -0.15) is 5.10 Å². The van der Waals surface area contributed by atoms with Gasteiger partial charge >= 0.3 is 0 Å². The largest absolute Gasteiger partial charge is 0.497 e. The molecule has 1 heterocycles. The van der Waals surface area contributed by atoms with Crippen LogP contribution in [0.25, 0.3) is 0 Å². The van der Waals surface area contributed by atoms with Crippen molar-refractivity contribution in [1.82, 2.24) is 5.01 Å². The fraction of sp³-hybridized carbons (Fsp3) is 0.263. The Morgan fingerprint density at radius 1 is 1.23 bits per heavy atom. The van der Waals surface area contributed by atoms with E-state index in [0.29, 0.717) is 23.6 Å². The van der Waals surface area contributed by atoms with Crippen LogP contribution in [-0.4, -0.2) is 30.8 Å². The molecule has 7 heteroatoms. The standard InChI is InChI=1S/C19H18ClFN2O3/c1-11(24)23-18(19-15(20)5-4-6-16(19)21)10-17(22-23)12-7-13(25-2)9-14(8-12)26-3/h4-9,18H,10H2,1-3H3/t18-/m0/s1. The second kappa shape index (κ2) is 7.33. The van der Waals surface area contributed by atoms with Crippen LogP contribution in [0.1, 0.15) is 30.5 Å². The molecule has 1 atom stereocenters. The SMILES string of the molecule is COc1cc(OC)cc(C2=NN(C(C)=O)[C@H](c3c(F)cccc3Cl)C2)c1. The van der Waals surface area contributed by atoms with Gasteiger partial charge in [0.1, 0.15) is 17.3 Å². The van der Waals surface area contributed by atoms with E-state index in [1.807, 2.05) is 0 Å². The van der Waals surface area contributed by atoms with E-state index in [4.69, 9.17) is 21.1 Å². The summed E-state index contributed by atoms with van der Waals surface area (Å²) in [7, 11) is 3.11. The van der Waals surface area contributed by atoms with E-state index in [2.05, 4.69) is 5.10 Å². The topological polar surface area (TPSA) is 51.1 Å². The Morgan fingerprint density at radius 3 is 2.42 bits per heavy atom. The van der Waals surface area contributed by atoms with Crippen LogP contribution >= 0.6 is 11.6 Å². The summed E-state index contributed by atoms with van der Waals surface area (Å²) in [6.07, 6.45) is 0.330. The molecule has 136 valence electrons. The highest BCUT2D eigenvalue weighted by Crippen LogP contribution is 2.38. The highest BCUT2D eigenvalue weighted by Gasteiger charge is 2.34. The number of methoxy groups -OCH3 is 2. The van der Waals surface area contributed by atoms with Gasteiger partial charge in [0.05, 0.1) is 26.0 Å². The van der Waals surface area contributed by atoms with Crippen molar-refractivity contribution in [2.24, 2.45) is 5.10 Å². The molecule has 1 amide bonds. The summed E-state index contributed by atoms with van der Waals surface area (Å²) in [6, 6.07) is 9.19. The Bertz CT molecular complexity index is 843. The lowest BCUT2D eigenvalue weighted by Gasteiger charge is -2.21. The van der Waals surface area contributed by atoms with Crippen molar-refractivity contribution in [3.8, 4) is 11.5 Å². The van der Waals surface area contributed by atoms with Gasteiger partial charge in [-0.25, -0.2) is 9.40 Å². The third kappa shape index (κ3) is 3.37. The summed E-state index contributed by atoms with van der Waals surface area (Å²) in [5.74, 6) is 0.445. The quantitative estimate of drug-likeness (QED) is 0.803. The maximum Gasteiger partial charge on any atom is 0.240 e. The number of benzene rings is 2. The normalized spacial score (nSPS) is 16.4. The molecule has 2 aromatic carbocycles. The van der Waals surface area contributed by atoms with Crippen molar-refractivity contribution < 1.29 is 18.7 Å². The molecule has 0 aromatic heterocycles. The van der Waals surface area contributed by atoms with Crippen molar-refractivity contribution in [3.05, 3.63) is 58.4 Å². The van der Waals surface area contributed by atoms with Gasteiger partial charge in [0.15, 0.2) is 0 Å². The summed E-state index contributed by atoms with van der Waals surface area (Å²) in [5, 5.41) is 5.95. The lowest BCUT2D eigenvalue weighted by atomic mass is 9.97. The zero-order valence-corrected chi connectivity index (χ0v) is 15.4. The van der Waals surface area contributed by atoms with Gasteiger partial charge in [0, 0.05) is 35.6 Å². The fourth-order valence-electron chi connectivity index (χ4n) is 3.00. The molecule has 0 fully saturated rings. The van der Waals surface area contributed by atoms with Crippen LogP contribution in [0.5, 0.6) is 11.5 Å². The van der Waals surface area contributed by atoms with Crippen molar-refractivity contribution in [2.75, 3.05) is 14.2 Å². The molecule has 0 unspecified atom stereocenters. The number of carbonyl (C=O) groups is 1. The summed E-state index contributed by atoms with van der Waals surface area (Å²) in [5.41, 5.74) is 1.63. The number of hydrogen-bond donors (Lipinski definition) is 0. The van der Waals surface area contributed by atoms with E-state index in [1.54, 1.807) is 38.5 Å². The lowest BCUT2D eigenvalue weighted by molar-refractivity contribution is -0.130. The number of hydrazone groups is 1. The molecule has 1 aliphatic heterocycles. The minimum Gasteiger partial charge on any atom is -0.497 e. The number of hydrogen-bond acceptors (Lipinski definition) is 4. The van der Waals surface area contributed by atoms with Crippen molar-refractivity contribution in [3.63, 3.8) is 0 Å². The molecule has 1 aliphatic rings. The van der Waals surface area contributed by atoms with E-state index >= 15 is 0 Å². The number of ether oxygens (including phenoxy) is 2. The summed E-state index contributed by atoms with van der Waals surface area (Å²) < 4.78 is 25.0. The van der Waals surface area contributed by atoms with E-state index in [1.165, 1.54) is 24.1 Å². The molecule has 26 heavy (non-hydrogen) atoms. The first-order valence-corrected chi connectivity index (χ1v) is 8.37.